The molecule has 1 heteroatoms. The van der Waals surface area contributed by atoms with Crippen LogP contribution in [-0.4, -0.2) is 5.78 Å². The molecular formula is C15H18O. The lowest BCUT2D eigenvalue weighted by Gasteiger charge is -1.96. The maximum atomic E-state index is 11.3. The smallest absolute Gasteiger partial charge is 0.159 e. The Morgan fingerprint density at radius 1 is 1.19 bits per heavy atom. The summed E-state index contributed by atoms with van der Waals surface area (Å²) in [6, 6.07) is 10.3. The van der Waals surface area contributed by atoms with E-state index in [2.05, 4.69) is 12.1 Å². The van der Waals surface area contributed by atoms with Crippen LogP contribution in [0.3, 0.4) is 0 Å². The Hall–Kier alpha value is -1.63. The third-order valence-corrected chi connectivity index (χ3v) is 2.30. The Labute approximate surface area is 97.5 Å². The van der Waals surface area contributed by atoms with E-state index in [0.717, 1.165) is 12.8 Å². The lowest BCUT2D eigenvalue weighted by atomic mass is 10.1. The highest BCUT2D eigenvalue weighted by Crippen LogP contribution is 2.03. The highest BCUT2D eigenvalue weighted by molar-refractivity contribution is 5.90. The van der Waals surface area contributed by atoms with Gasteiger partial charge in [0.2, 0.25) is 0 Å². The summed E-state index contributed by atoms with van der Waals surface area (Å²) in [6.07, 6.45) is 9.85. The van der Waals surface area contributed by atoms with Crippen molar-refractivity contribution < 1.29 is 4.79 Å². The molecule has 0 radical (unpaired) electrons. The van der Waals surface area contributed by atoms with Gasteiger partial charge >= 0.3 is 0 Å². The van der Waals surface area contributed by atoms with E-state index in [1.54, 1.807) is 6.08 Å². The van der Waals surface area contributed by atoms with Gasteiger partial charge in [-0.3, -0.25) is 4.79 Å². The molecule has 0 heterocycles. The van der Waals surface area contributed by atoms with Crippen LogP contribution in [0, 0.1) is 0 Å². The van der Waals surface area contributed by atoms with Crippen LogP contribution in [0.1, 0.15) is 25.3 Å². The second kappa shape index (κ2) is 7.63. The summed E-state index contributed by atoms with van der Waals surface area (Å²) in [5, 5.41) is 0. The molecule has 1 aromatic carbocycles. The number of allylic oxidation sites excluding steroid dienone is 4. The monoisotopic (exact) mass is 214 g/mol. The Balaban J connectivity index is 2.25. The van der Waals surface area contributed by atoms with Crippen LogP contribution in [0.15, 0.2) is 54.6 Å². The average molecular weight is 214 g/mol. The fourth-order valence-corrected chi connectivity index (χ4v) is 1.41. The molecule has 84 valence electrons. The Morgan fingerprint density at radius 2 is 1.94 bits per heavy atom. The van der Waals surface area contributed by atoms with Crippen LogP contribution < -0.4 is 0 Å². The number of hydrogen-bond donors (Lipinski definition) is 0. The van der Waals surface area contributed by atoms with Crippen molar-refractivity contribution in [2.45, 2.75) is 26.2 Å². The zero-order chi connectivity index (χ0) is 11.6. The summed E-state index contributed by atoms with van der Waals surface area (Å²) in [6.45, 7) is 1.92. The van der Waals surface area contributed by atoms with Crippen LogP contribution in [0.5, 0.6) is 0 Å². The van der Waals surface area contributed by atoms with Crippen molar-refractivity contribution in [3.8, 4) is 0 Å². The molecule has 0 fully saturated rings. The molecule has 0 spiro atoms. The van der Waals surface area contributed by atoms with Gasteiger partial charge < -0.3 is 0 Å². The van der Waals surface area contributed by atoms with Crippen molar-refractivity contribution in [3.63, 3.8) is 0 Å². The molecule has 0 atom stereocenters. The summed E-state index contributed by atoms with van der Waals surface area (Å²) < 4.78 is 0. The van der Waals surface area contributed by atoms with Crippen LogP contribution in [-0.2, 0) is 11.2 Å². The molecule has 0 saturated carbocycles. The third kappa shape index (κ3) is 5.30. The maximum Gasteiger partial charge on any atom is 0.159 e. The zero-order valence-electron chi connectivity index (χ0n) is 9.73. The zero-order valence-corrected chi connectivity index (χ0v) is 9.73. The number of ketones is 1. The van der Waals surface area contributed by atoms with Crippen molar-refractivity contribution in [1.82, 2.24) is 0 Å². The summed E-state index contributed by atoms with van der Waals surface area (Å²) >= 11 is 0. The van der Waals surface area contributed by atoms with Gasteiger partial charge in [-0.1, -0.05) is 48.6 Å². The van der Waals surface area contributed by atoms with Crippen molar-refractivity contribution >= 4 is 5.78 Å². The third-order valence-electron chi connectivity index (χ3n) is 2.30. The molecule has 0 aliphatic rings. The number of carbonyl (C=O) groups is 1. The predicted molar refractivity (Wildman–Crippen MR) is 68.3 cm³/mol. The lowest BCUT2D eigenvalue weighted by molar-refractivity contribution is -0.113. The molecule has 0 aromatic heterocycles. The lowest BCUT2D eigenvalue weighted by Crippen LogP contribution is -1.89. The van der Waals surface area contributed by atoms with Gasteiger partial charge in [0.1, 0.15) is 0 Å². The summed E-state index contributed by atoms with van der Waals surface area (Å²) in [7, 11) is 0. The minimum absolute atomic E-state index is 0.172. The second-order valence-electron chi connectivity index (χ2n) is 3.67. The van der Waals surface area contributed by atoms with E-state index < -0.39 is 0 Å². The summed E-state index contributed by atoms with van der Waals surface area (Å²) in [5.74, 6) is 0.172. The fourth-order valence-electron chi connectivity index (χ4n) is 1.41. The topological polar surface area (TPSA) is 17.1 Å². The molecule has 0 N–H and O–H groups in total. The number of benzene rings is 1. The second-order valence-corrected chi connectivity index (χ2v) is 3.67. The standard InChI is InChI=1S/C15H18O/c1-2-3-12-15(16)13-8-7-11-14-9-5-4-6-10-14/h2-6,8-10,13H,7,11-12H2,1H3/b3-2-,13-8+. The van der Waals surface area contributed by atoms with Gasteiger partial charge in [-0.05, 0) is 31.4 Å². The van der Waals surface area contributed by atoms with E-state index in [9.17, 15) is 4.79 Å². The molecule has 0 aliphatic carbocycles. The largest absolute Gasteiger partial charge is 0.295 e. The molecule has 0 unspecified atom stereocenters. The number of hydrogen-bond acceptors (Lipinski definition) is 1. The average Bonchev–Trinajstić information content (AvgIpc) is 2.33. The Kier molecular flexibility index (Phi) is 5.94. The molecule has 1 rings (SSSR count). The first-order valence-electron chi connectivity index (χ1n) is 5.67. The van der Waals surface area contributed by atoms with Gasteiger partial charge in [0.05, 0.1) is 0 Å². The van der Waals surface area contributed by atoms with Gasteiger partial charge in [-0.25, -0.2) is 0 Å². The number of carbonyl (C=O) groups excluding carboxylic acids is 1. The quantitative estimate of drug-likeness (QED) is 0.521. The van der Waals surface area contributed by atoms with Gasteiger partial charge in [0.25, 0.3) is 0 Å². The van der Waals surface area contributed by atoms with Crippen molar-refractivity contribution in [2.24, 2.45) is 0 Å². The number of aryl methyl sites for hydroxylation is 1. The van der Waals surface area contributed by atoms with Crippen molar-refractivity contribution in [3.05, 3.63) is 60.2 Å². The predicted octanol–water partition coefficient (Wildman–Crippen LogP) is 3.71. The van der Waals surface area contributed by atoms with E-state index in [1.807, 2.05) is 43.4 Å². The van der Waals surface area contributed by atoms with E-state index in [4.69, 9.17) is 0 Å². The SMILES string of the molecule is C/C=C\CC(=O)/C=C/CCc1ccccc1. The summed E-state index contributed by atoms with van der Waals surface area (Å²) in [4.78, 5) is 11.3. The molecule has 16 heavy (non-hydrogen) atoms. The van der Waals surface area contributed by atoms with Crippen LogP contribution in [0.25, 0.3) is 0 Å². The fraction of sp³-hybridized carbons (Fsp3) is 0.267. The normalized spacial score (nSPS) is 11.3. The van der Waals surface area contributed by atoms with E-state index in [-0.39, 0.29) is 5.78 Å². The minimum Gasteiger partial charge on any atom is -0.295 e. The minimum atomic E-state index is 0.172. The molecule has 1 nitrogen and oxygen atoms in total. The Bertz CT molecular complexity index is 360. The van der Waals surface area contributed by atoms with Crippen LogP contribution >= 0.6 is 0 Å². The molecule has 0 amide bonds. The first-order chi connectivity index (χ1) is 7.83. The highest BCUT2D eigenvalue weighted by atomic mass is 16.1. The van der Waals surface area contributed by atoms with E-state index in [0.29, 0.717) is 6.42 Å². The first kappa shape index (κ1) is 12.4. The van der Waals surface area contributed by atoms with E-state index in [1.165, 1.54) is 5.56 Å². The van der Waals surface area contributed by atoms with Gasteiger partial charge in [-0.2, -0.15) is 0 Å². The molecule has 0 saturated heterocycles. The molecule has 0 bridgehead atoms. The Morgan fingerprint density at radius 3 is 2.62 bits per heavy atom. The maximum absolute atomic E-state index is 11.3. The van der Waals surface area contributed by atoms with Gasteiger partial charge in [-0.15, -0.1) is 0 Å². The molecule has 0 aliphatic heterocycles. The van der Waals surface area contributed by atoms with Gasteiger partial charge in [0.15, 0.2) is 5.78 Å². The molecule has 1 aromatic rings. The highest BCUT2D eigenvalue weighted by Gasteiger charge is 1.92. The van der Waals surface area contributed by atoms with Crippen molar-refractivity contribution in [1.29, 1.82) is 0 Å². The van der Waals surface area contributed by atoms with Crippen LogP contribution in [0.4, 0.5) is 0 Å². The van der Waals surface area contributed by atoms with Gasteiger partial charge in [0, 0.05) is 6.42 Å². The van der Waals surface area contributed by atoms with E-state index >= 15 is 0 Å². The van der Waals surface area contributed by atoms with Crippen LogP contribution in [0.2, 0.25) is 0 Å². The number of rotatable bonds is 6. The van der Waals surface area contributed by atoms with Crippen molar-refractivity contribution in [2.75, 3.05) is 0 Å². The summed E-state index contributed by atoms with van der Waals surface area (Å²) in [5.41, 5.74) is 1.31. The first-order valence-corrected chi connectivity index (χ1v) is 5.67. The molecular weight excluding hydrogens is 196 g/mol.